The highest BCUT2D eigenvalue weighted by Crippen LogP contribution is 2.31. The SMILES string of the molecule is O=C(NC1CCCC1)C1Cc2ccccc2CN1S(=O)(=O)c1ccc2ccccc2c1. The maximum absolute atomic E-state index is 13.7. The van der Waals surface area contributed by atoms with Gasteiger partial charge in [-0.05, 0) is 53.3 Å². The Bertz CT molecular complexity index is 1230. The molecule has 1 unspecified atom stereocenters. The molecular formula is C25H26N2O3S. The Kier molecular flexibility index (Phi) is 5.28. The molecule has 1 saturated carbocycles. The van der Waals surface area contributed by atoms with Gasteiger partial charge in [0, 0.05) is 12.6 Å². The summed E-state index contributed by atoms with van der Waals surface area (Å²) in [5.41, 5.74) is 2.00. The van der Waals surface area contributed by atoms with Crippen molar-refractivity contribution in [2.75, 3.05) is 0 Å². The van der Waals surface area contributed by atoms with E-state index in [1.165, 1.54) is 4.31 Å². The van der Waals surface area contributed by atoms with Gasteiger partial charge in [-0.2, -0.15) is 4.31 Å². The quantitative estimate of drug-likeness (QED) is 0.675. The smallest absolute Gasteiger partial charge is 0.244 e. The first-order valence-corrected chi connectivity index (χ1v) is 12.3. The first kappa shape index (κ1) is 20.2. The van der Waals surface area contributed by atoms with E-state index in [9.17, 15) is 13.2 Å². The van der Waals surface area contributed by atoms with E-state index < -0.39 is 16.1 Å². The summed E-state index contributed by atoms with van der Waals surface area (Å²) >= 11 is 0. The number of hydrogen-bond acceptors (Lipinski definition) is 3. The molecule has 0 aromatic heterocycles. The van der Waals surface area contributed by atoms with Crippen molar-refractivity contribution in [2.45, 2.75) is 55.6 Å². The molecule has 1 amide bonds. The second kappa shape index (κ2) is 8.09. The number of sulfonamides is 1. The molecule has 0 spiro atoms. The Morgan fingerprint density at radius 1 is 0.871 bits per heavy atom. The van der Waals surface area contributed by atoms with Crippen LogP contribution in [0.5, 0.6) is 0 Å². The maximum atomic E-state index is 13.7. The molecule has 1 fully saturated rings. The van der Waals surface area contributed by atoms with E-state index in [1.807, 2.05) is 54.6 Å². The summed E-state index contributed by atoms with van der Waals surface area (Å²) in [4.78, 5) is 13.5. The van der Waals surface area contributed by atoms with Gasteiger partial charge in [0.1, 0.15) is 6.04 Å². The zero-order valence-electron chi connectivity index (χ0n) is 17.3. The minimum Gasteiger partial charge on any atom is -0.352 e. The molecule has 5 rings (SSSR count). The highest BCUT2D eigenvalue weighted by molar-refractivity contribution is 7.89. The molecule has 6 heteroatoms. The molecule has 160 valence electrons. The van der Waals surface area contributed by atoms with Gasteiger partial charge >= 0.3 is 0 Å². The van der Waals surface area contributed by atoms with Gasteiger partial charge in [-0.1, -0.05) is 67.4 Å². The summed E-state index contributed by atoms with van der Waals surface area (Å²) in [5.74, 6) is -0.189. The summed E-state index contributed by atoms with van der Waals surface area (Å²) in [5, 5.41) is 4.97. The van der Waals surface area contributed by atoms with Gasteiger partial charge in [0.15, 0.2) is 0 Å². The number of carbonyl (C=O) groups excluding carboxylic acids is 1. The van der Waals surface area contributed by atoms with Crippen molar-refractivity contribution in [3.63, 3.8) is 0 Å². The molecule has 1 heterocycles. The average Bonchev–Trinajstić information content (AvgIpc) is 3.31. The van der Waals surface area contributed by atoms with Gasteiger partial charge in [-0.25, -0.2) is 8.42 Å². The Morgan fingerprint density at radius 3 is 2.32 bits per heavy atom. The number of nitrogens with one attached hydrogen (secondary N) is 1. The number of amides is 1. The summed E-state index contributed by atoms with van der Waals surface area (Å²) < 4.78 is 28.9. The Labute approximate surface area is 183 Å². The van der Waals surface area contributed by atoms with Crippen molar-refractivity contribution in [1.29, 1.82) is 0 Å². The molecule has 0 saturated heterocycles. The van der Waals surface area contributed by atoms with Crippen LogP contribution in [0.2, 0.25) is 0 Å². The fraction of sp³-hybridized carbons (Fsp3) is 0.320. The van der Waals surface area contributed by atoms with Crippen molar-refractivity contribution in [1.82, 2.24) is 9.62 Å². The third-order valence-electron chi connectivity index (χ3n) is 6.54. The standard InChI is InChI=1S/C25H26N2O3S/c28-25(26-22-11-5-6-12-22)24-16-20-9-3-4-10-21(20)17-27(24)31(29,30)23-14-13-18-7-1-2-8-19(18)15-23/h1-4,7-10,13-15,22,24H,5-6,11-12,16-17H2,(H,26,28). The lowest BCUT2D eigenvalue weighted by molar-refractivity contribution is -0.125. The molecular weight excluding hydrogens is 408 g/mol. The Morgan fingerprint density at radius 2 is 1.55 bits per heavy atom. The van der Waals surface area contributed by atoms with Crippen LogP contribution >= 0.6 is 0 Å². The van der Waals surface area contributed by atoms with Crippen LogP contribution in [0.25, 0.3) is 10.8 Å². The van der Waals surface area contributed by atoms with Crippen LogP contribution in [0.4, 0.5) is 0 Å². The third kappa shape index (κ3) is 3.86. The zero-order valence-corrected chi connectivity index (χ0v) is 18.1. The van der Waals surface area contributed by atoms with Crippen molar-refractivity contribution in [2.24, 2.45) is 0 Å². The number of rotatable bonds is 4. The van der Waals surface area contributed by atoms with Crippen LogP contribution in [-0.2, 0) is 27.8 Å². The molecule has 1 aliphatic carbocycles. The lowest BCUT2D eigenvalue weighted by Gasteiger charge is -2.35. The normalized spacial score (nSPS) is 19.9. The molecule has 31 heavy (non-hydrogen) atoms. The van der Waals surface area contributed by atoms with Crippen molar-refractivity contribution in [3.05, 3.63) is 77.9 Å². The highest BCUT2D eigenvalue weighted by Gasteiger charge is 2.40. The lowest BCUT2D eigenvalue weighted by Crippen LogP contribution is -2.53. The molecule has 1 aliphatic heterocycles. The van der Waals surface area contributed by atoms with Crippen LogP contribution in [0.15, 0.2) is 71.6 Å². The molecule has 1 N–H and O–H groups in total. The molecule has 3 aromatic carbocycles. The average molecular weight is 435 g/mol. The van der Waals surface area contributed by atoms with Gasteiger partial charge < -0.3 is 5.32 Å². The van der Waals surface area contributed by atoms with E-state index in [0.29, 0.717) is 6.42 Å². The second-order valence-corrected chi connectivity index (χ2v) is 10.4. The highest BCUT2D eigenvalue weighted by atomic mass is 32.2. The molecule has 2 aliphatic rings. The van der Waals surface area contributed by atoms with Gasteiger partial charge in [0.05, 0.1) is 4.90 Å². The number of nitrogens with zero attached hydrogens (tertiary/aromatic N) is 1. The monoisotopic (exact) mass is 434 g/mol. The van der Waals surface area contributed by atoms with Crippen LogP contribution < -0.4 is 5.32 Å². The van der Waals surface area contributed by atoms with Crippen LogP contribution in [0.3, 0.4) is 0 Å². The molecule has 5 nitrogen and oxygen atoms in total. The summed E-state index contributed by atoms with van der Waals surface area (Å²) in [7, 11) is -3.85. The van der Waals surface area contributed by atoms with Crippen molar-refractivity contribution < 1.29 is 13.2 Å². The largest absolute Gasteiger partial charge is 0.352 e. The minimum absolute atomic E-state index is 0.148. The first-order valence-electron chi connectivity index (χ1n) is 10.9. The van der Waals surface area contributed by atoms with E-state index in [0.717, 1.165) is 47.6 Å². The molecule has 0 bridgehead atoms. The first-order chi connectivity index (χ1) is 15.0. The fourth-order valence-corrected chi connectivity index (χ4v) is 6.41. The van der Waals surface area contributed by atoms with Crippen molar-refractivity contribution in [3.8, 4) is 0 Å². The third-order valence-corrected chi connectivity index (χ3v) is 8.39. The van der Waals surface area contributed by atoms with E-state index in [4.69, 9.17) is 0 Å². The molecule has 1 atom stereocenters. The van der Waals surface area contributed by atoms with Crippen LogP contribution in [0, 0.1) is 0 Å². The lowest BCUT2D eigenvalue weighted by atomic mass is 9.95. The van der Waals surface area contributed by atoms with E-state index >= 15 is 0 Å². The Hall–Kier alpha value is -2.70. The van der Waals surface area contributed by atoms with Gasteiger partial charge in [0.25, 0.3) is 0 Å². The molecule has 3 aromatic rings. The minimum atomic E-state index is -3.85. The van der Waals surface area contributed by atoms with Crippen LogP contribution in [-0.4, -0.2) is 30.7 Å². The zero-order chi connectivity index (χ0) is 21.4. The van der Waals surface area contributed by atoms with Crippen LogP contribution in [0.1, 0.15) is 36.8 Å². The summed E-state index contributed by atoms with van der Waals surface area (Å²) in [6, 6.07) is 20.1. The van der Waals surface area contributed by atoms with Crippen molar-refractivity contribution >= 4 is 26.7 Å². The predicted octanol–water partition coefficient (Wildman–Crippen LogP) is 4.01. The second-order valence-electron chi connectivity index (χ2n) is 8.54. The van der Waals surface area contributed by atoms with E-state index in [1.54, 1.807) is 12.1 Å². The molecule has 0 radical (unpaired) electrons. The van der Waals surface area contributed by atoms with E-state index in [-0.39, 0.29) is 23.4 Å². The summed E-state index contributed by atoms with van der Waals surface area (Å²) in [6.07, 6.45) is 4.54. The van der Waals surface area contributed by atoms with Gasteiger partial charge in [0.2, 0.25) is 15.9 Å². The fourth-order valence-electron chi connectivity index (χ4n) is 4.81. The summed E-state index contributed by atoms with van der Waals surface area (Å²) in [6.45, 7) is 0.202. The maximum Gasteiger partial charge on any atom is 0.244 e. The Balaban J connectivity index is 1.53. The van der Waals surface area contributed by atoms with Gasteiger partial charge in [-0.15, -0.1) is 0 Å². The van der Waals surface area contributed by atoms with Gasteiger partial charge in [-0.3, -0.25) is 4.79 Å². The van der Waals surface area contributed by atoms with E-state index in [2.05, 4.69) is 5.32 Å². The number of hydrogen-bond donors (Lipinski definition) is 1. The predicted molar refractivity (Wildman–Crippen MR) is 121 cm³/mol. The topological polar surface area (TPSA) is 66.5 Å². The number of fused-ring (bicyclic) bond motifs is 2. The number of carbonyl (C=O) groups is 1. The number of benzene rings is 3.